The van der Waals surface area contributed by atoms with Crippen LogP contribution in [0.15, 0.2) is 63.7 Å². The summed E-state index contributed by atoms with van der Waals surface area (Å²) in [5.74, 6) is -0.0768. The van der Waals surface area contributed by atoms with Crippen LogP contribution in [0.5, 0.6) is 0 Å². The van der Waals surface area contributed by atoms with Crippen LogP contribution in [-0.2, 0) is 11.3 Å². The van der Waals surface area contributed by atoms with Crippen molar-refractivity contribution in [2.75, 3.05) is 6.61 Å². The Morgan fingerprint density at radius 1 is 1.10 bits per heavy atom. The average Bonchev–Trinajstić information content (AvgIpc) is 2.93. The number of carbonyl (C=O) groups excluding carboxylic acids is 1. The van der Waals surface area contributed by atoms with E-state index in [2.05, 4.69) is 15.9 Å². The molecule has 0 radical (unpaired) electrons. The number of halogens is 1. The fourth-order valence-corrected chi connectivity index (χ4v) is 2.54. The lowest BCUT2D eigenvalue weighted by molar-refractivity contribution is 0.0726. The summed E-state index contributed by atoms with van der Waals surface area (Å²) in [4.78, 5) is 12.2. The Hall–Kier alpha value is -1.91. The van der Waals surface area contributed by atoms with Crippen LogP contribution in [0.25, 0.3) is 11.0 Å². The molecule has 0 aliphatic heterocycles. The van der Waals surface area contributed by atoms with Gasteiger partial charge in [-0.1, -0.05) is 52.3 Å². The Kier molecular flexibility index (Phi) is 4.18. The maximum Gasteiger partial charge on any atom is 0.192 e. The molecule has 0 aliphatic rings. The summed E-state index contributed by atoms with van der Waals surface area (Å²) in [5, 5.41) is 0.826. The molecular formula is C17H13BrO3. The highest BCUT2D eigenvalue weighted by Crippen LogP contribution is 2.21. The molecule has 0 atom stereocenters. The summed E-state index contributed by atoms with van der Waals surface area (Å²) in [6.07, 6.45) is 1.49. The number of carbonyl (C=O) groups is 1. The molecule has 0 fully saturated rings. The summed E-state index contributed by atoms with van der Waals surface area (Å²) >= 11 is 3.45. The molecule has 4 heteroatoms. The van der Waals surface area contributed by atoms with E-state index >= 15 is 0 Å². The van der Waals surface area contributed by atoms with Crippen molar-refractivity contribution in [1.82, 2.24) is 0 Å². The third-order valence-corrected chi connectivity index (χ3v) is 4.00. The molecule has 3 nitrogen and oxygen atoms in total. The van der Waals surface area contributed by atoms with Crippen molar-refractivity contribution in [1.29, 1.82) is 0 Å². The molecule has 0 N–H and O–H groups in total. The van der Waals surface area contributed by atoms with Crippen molar-refractivity contribution in [2.45, 2.75) is 6.61 Å². The molecule has 0 spiro atoms. The second-order valence-corrected chi connectivity index (χ2v) is 5.51. The van der Waals surface area contributed by atoms with E-state index < -0.39 is 0 Å². The summed E-state index contributed by atoms with van der Waals surface area (Å²) in [6.45, 7) is 0.424. The first-order valence-electron chi connectivity index (χ1n) is 6.56. The fraction of sp³-hybridized carbons (Fsp3) is 0.118. The first kappa shape index (κ1) is 14.0. The van der Waals surface area contributed by atoms with Crippen molar-refractivity contribution in [2.24, 2.45) is 0 Å². The topological polar surface area (TPSA) is 39.4 Å². The standard InChI is InChI=1S/C17H13BrO3/c18-15-7-3-1-5-12(15)9-20-11-16(19)14-10-21-17-8-4-2-6-13(14)17/h1-8,10H,9,11H2. The number of ketones is 1. The van der Waals surface area contributed by atoms with Gasteiger partial charge in [0.15, 0.2) is 5.78 Å². The molecule has 1 aromatic heterocycles. The molecular weight excluding hydrogens is 332 g/mol. The van der Waals surface area contributed by atoms with Gasteiger partial charge in [0.1, 0.15) is 18.5 Å². The Bertz CT molecular complexity index is 776. The molecule has 3 aromatic rings. The van der Waals surface area contributed by atoms with E-state index in [-0.39, 0.29) is 12.4 Å². The van der Waals surface area contributed by atoms with Gasteiger partial charge in [-0.25, -0.2) is 0 Å². The van der Waals surface area contributed by atoms with E-state index in [9.17, 15) is 4.79 Å². The van der Waals surface area contributed by atoms with Crippen molar-refractivity contribution in [3.05, 3.63) is 70.4 Å². The number of ether oxygens (including phenoxy) is 1. The highest BCUT2D eigenvalue weighted by atomic mass is 79.9. The van der Waals surface area contributed by atoms with Crippen LogP contribution in [0.1, 0.15) is 15.9 Å². The first-order chi connectivity index (χ1) is 10.3. The van der Waals surface area contributed by atoms with Crippen LogP contribution in [0.3, 0.4) is 0 Å². The summed E-state index contributed by atoms with van der Waals surface area (Å²) in [7, 11) is 0. The molecule has 2 aromatic carbocycles. The lowest BCUT2D eigenvalue weighted by atomic mass is 10.1. The molecule has 0 unspecified atom stereocenters. The maximum atomic E-state index is 12.2. The smallest absolute Gasteiger partial charge is 0.192 e. The molecule has 3 rings (SSSR count). The van der Waals surface area contributed by atoms with Gasteiger partial charge < -0.3 is 9.15 Å². The molecule has 0 bridgehead atoms. The second-order valence-electron chi connectivity index (χ2n) is 4.65. The number of rotatable bonds is 5. The molecule has 0 amide bonds. The van der Waals surface area contributed by atoms with Gasteiger partial charge in [0.25, 0.3) is 0 Å². The third kappa shape index (κ3) is 3.06. The number of hydrogen-bond acceptors (Lipinski definition) is 3. The molecule has 0 saturated heterocycles. The highest BCUT2D eigenvalue weighted by molar-refractivity contribution is 9.10. The zero-order valence-corrected chi connectivity index (χ0v) is 12.8. The largest absolute Gasteiger partial charge is 0.464 e. The maximum absolute atomic E-state index is 12.2. The van der Waals surface area contributed by atoms with E-state index in [4.69, 9.17) is 9.15 Å². The van der Waals surface area contributed by atoms with Crippen molar-refractivity contribution in [3.8, 4) is 0 Å². The van der Waals surface area contributed by atoms with Crippen molar-refractivity contribution < 1.29 is 13.9 Å². The fourth-order valence-electron chi connectivity index (χ4n) is 2.14. The average molecular weight is 345 g/mol. The van der Waals surface area contributed by atoms with Crippen molar-refractivity contribution >= 4 is 32.7 Å². The van der Waals surface area contributed by atoms with Crippen LogP contribution in [0.2, 0.25) is 0 Å². The summed E-state index contributed by atoms with van der Waals surface area (Å²) in [6, 6.07) is 15.3. The lowest BCUT2D eigenvalue weighted by Gasteiger charge is -2.05. The van der Waals surface area contributed by atoms with Crippen LogP contribution >= 0.6 is 15.9 Å². The van der Waals surface area contributed by atoms with Crippen LogP contribution in [-0.4, -0.2) is 12.4 Å². The summed E-state index contributed by atoms with van der Waals surface area (Å²) in [5.41, 5.74) is 2.30. The monoisotopic (exact) mass is 344 g/mol. The minimum absolute atomic E-state index is 0.0326. The molecule has 106 valence electrons. The number of para-hydroxylation sites is 1. The minimum atomic E-state index is -0.0768. The zero-order chi connectivity index (χ0) is 14.7. The SMILES string of the molecule is O=C(COCc1ccccc1Br)c1coc2ccccc12. The molecule has 0 aliphatic carbocycles. The normalized spacial score (nSPS) is 10.9. The second kappa shape index (κ2) is 6.24. The Morgan fingerprint density at radius 2 is 1.86 bits per heavy atom. The number of furan rings is 1. The minimum Gasteiger partial charge on any atom is -0.464 e. The van der Waals surface area contributed by atoms with E-state index in [0.29, 0.717) is 17.8 Å². The Balaban J connectivity index is 1.66. The van der Waals surface area contributed by atoms with Crippen LogP contribution in [0.4, 0.5) is 0 Å². The van der Waals surface area contributed by atoms with E-state index in [1.54, 1.807) is 0 Å². The third-order valence-electron chi connectivity index (χ3n) is 3.23. The number of fused-ring (bicyclic) bond motifs is 1. The number of hydrogen-bond donors (Lipinski definition) is 0. The van der Waals surface area contributed by atoms with Gasteiger partial charge in [0, 0.05) is 9.86 Å². The summed E-state index contributed by atoms with van der Waals surface area (Å²) < 4.78 is 11.9. The van der Waals surface area contributed by atoms with E-state index in [0.717, 1.165) is 15.4 Å². The number of Topliss-reactive ketones (excluding diaryl/α,β-unsaturated/α-hetero) is 1. The van der Waals surface area contributed by atoms with Crippen LogP contribution in [0, 0.1) is 0 Å². The van der Waals surface area contributed by atoms with Gasteiger partial charge in [-0.05, 0) is 17.7 Å². The van der Waals surface area contributed by atoms with Gasteiger partial charge in [-0.15, -0.1) is 0 Å². The van der Waals surface area contributed by atoms with Gasteiger partial charge in [-0.3, -0.25) is 4.79 Å². The van der Waals surface area contributed by atoms with E-state index in [1.807, 2.05) is 48.5 Å². The lowest BCUT2D eigenvalue weighted by Crippen LogP contribution is -2.08. The predicted molar refractivity (Wildman–Crippen MR) is 84.3 cm³/mol. The van der Waals surface area contributed by atoms with Gasteiger partial charge in [0.2, 0.25) is 0 Å². The van der Waals surface area contributed by atoms with Gasteiger partial charge in [0.05, 0.1) is 12.2 Å². The predicted octanol–water partition coefficient (Wildman–Crippen LogP) is 4.59. The Morgan fingerprint density at radius 3 is 2.71 bits per heavy atom. The number of benzene rings is 2. The van der Waals surface area contributed by atoms with Crippen LogP contribution < -0.4 is 0 Å². The quantitative estimate of drug-likeness (QED) is 0.635. The molecule has 1 heterocycles. The van der Waals surface area contributed by atoms with Gasteiger partial charge >= 0.3 is 0 Å². The van der Waals surface area contributed by atoms with E-state index in [1.165, 1.54) is 6.26 Å². The Labute approximate surface area is 130 Å². The van der Waals surface area contributed by atoms with Gasteiger partial charge in [-0.2, -0.15) is 0 Å². The van der Waals surface area contributed by atoms with Crippen molar-refractivity contribution in [3.63, 3.8) is 0 Å². The molecule has 0 saturated carbocycles. The first-order valence-corrected chi connectivity index (χ1v) is 7.35. The molecule has 21 heavy (non-hydrogen) atoms. The highest BCUT2D eigenvalue weighted by Gasteiger charge is 2.13. The zero-order valence-electron chi connectivity index (χ0n) is 11.2.